The first-order chi connectivity index (χ1) is 19.2. The highest BCUT2D eigenvalue weighted by Crippen LogP contribution is 2.21. The van der Waals surface area contributed by atoms with Crippen LogP contribution in [0.1, 0.15) is 41.7 Å². The Morgan fingerprint density at radius 2 is 1.20 bits per heavy atom. The Kier molecular flexibility index (Phi) is 12.8. The van der Waals surface area contributed by atoms with Crippen LogP contribution in [0.15, 0.2) is 84.9 Å². The lowest BCUT2D eigenvalue weighted by molar-refractivity contribution is 0.0585. The second kappa shape index (κ2) is 16.3. The van der Waals surface area contributed by atoms with Crippen molar-refractivity contribution in [2.45, 2.75) is 0 Å². The maximum Gasteiger partial charge on any atom is 0.488 e. The number of hydrogen-bond donors (Lipinski definition) is 2. The summed E-state index contributed by atoms with van der Waals surface area (Å²) < 4.78 is 9.03. The molecule has 2 N–H and O–H groups in total. The van der Waals surface area contributed by atoms with Crippen LogP contribution in [0, 0.1) is 0 Å². The monoisotopic (exact) mass is 562 g/mol. The summed E-state index contributed by atoms with van der Waals surface area (Å²) in [5, 5.41) is 17.2. The zero-order chi connectivity index (χ0) is 29.5. The van der Waals surface area contributed by atoms with Gasteiger partial charge in [0.15, 0.2) is 12.6 Å². The van der Waals surface area contributed by atoms with Crippen molar-refractivity contribution in [2.75, 3.05) is 14.2 Å². The second-order valence-corrected chi connectivity index (χ2v) is 7.94. The molecule has 0 saturated carbocycles. The van der Waals surface area contributed by atoms with E-state index in [1.807, 2.05) is 36.4 Å². The van der Waals surface area contributed by atoms with E-state index in [0.717, 1.165) is 11.8 Å². The van der Waals surface area contributed by atoms with Gasteiger partial charge in [0, 0.05) is 11.1 Å². The van der Waals surface area contributed by atoms with Crippen LogP contribution in [-0.4, -0.2) is 65.9 Å². The summed E-state index contributed by atoms with van der Waals surface area (Å²) in [7, 11) is 1.19. The van der Waals surface area contributed by atoms with Gasteiger partial charge in [0.2, 0.25) is 0 Å². The van der Waals surface area contributed by atoms with Gasteiger partial charge in [0.05, 0.1) is 25.5 Å². The molecule has 12 heteroatoms. The molecule has 0 aliphatic heterocycles. The minimum Gasteiger partial charge on any atom is -0.464 e. The predicted octanol–water partition coefficient (Wildman–Crippen LogP) is 3.05. The molecule has 0 amide bonds. The van der Waals surface area contributed by atoms with Crippen LogP contribution in [0.2, 0.25) is 5.15 Å². The fraction of sp³-hybridized carbons (Fsp3) is 0.0714. The number of aldehydes is 2. The molecule has 0 saturated heterocycles. The average Bonchev–Trinajstić information content (AvgIpc) is 3.01. The van der Waals surface area contributed by atoms with Gasteiger partial charge in [-0.1, -0.05) is 72.3 Å². The van der Waals surface area contributed by atoms with Gasteiger partial charge in [-0.05, 0) is 29.7 Å². The van der Waals surface area contributed by atoms with Crippen molar-refractivity contribution >= 4 is 48.7 Å². The van der Waals surface area contributed by atoms with E-state index in [2.05, 4.69) is 19.4 Å². The molecule has 204 valence electrons. The van der Waals surface area contributed by atoms with Gasteiger partial charge in [-0.15, -0.1) is 0 Å². The lowest BCUT2D eigenvalue weighted by atomic mass is 9.81. The molecule has 2 aromatic heterocycles. The van der Waals surface area contributed by atoms with Crippen LogP contribution >= 0.6 is 11.6 Å². The maximum absolute atomic E-state index is 11.4. The number of carbonyl (C=O) groups is 4. The number of halogens is 1. The molecule has 0 unspecified atom stereocenters. The SMILES string of the molecule is COC(=O)c1ccc(C=O)c(-c2ccccc2)n1.COC(=O)c1ccc(C=O)c(Cl)n1.OB(O)c1ccccc1. The third-order valence-corrected chi connectivity index (χ3v) is 5.29. The predicted molar refractivity (Wildman–Crippen MR) is 149 cm³/mol. The lowest BCUT2D eigenvalue weighted by Gasteiger charge is -2.06. The first-order valence-corrected chi connectivity index (χ1v) is 11.8. The van der Waals surface area contributed by atoms with Crippen molar-refractivity contribution in [1.29, 1.82) is 0 Å². The van der Waals surface area contributed by atoms with Gasteiger partial charge in [0.1, 0.15) is 16.5 Å². The number of rotatable bonds is 6. The van der Waals surface area contributed by atoms with E-state index < -0.39 is 19.1 Å². The molecule has 0 aliphatic rings. The van der Waals surface area contributed by atoms with Gasteiger partial charge in [0.25, 0.3) is 0 Å². The summed E-state index contributed by atoms with van der Waals surface area (Å²) >= 11 is 5.58. The van der Waals surface area contributed by atoms with Crippen LogP contribution < -0.4 is 5.46 Å². The van der Waals surface area contributed by atoms with E-state index in [9.17, 15) is 19.2 Å². The summed E-state index contributed by atoms with van der Waals surface area (Å²) in [6.45, 7) is 0. The highest BCUT2D eigenvalue weighted by Gasteiger charge is 2.13. The maximum atomic E-state index is 11.4. The van der Waals surface area contributed by atoms with Gasteiger partial charge in [-0.2, -0.15) is 0 Å². The van der Waals surface area contributed by atoms with Crippen molar-refractivity contribution in [1.82, 2.24) is 9.97 Å². The van der Waals surface area contributed by atoms with E-state index in [1.165, 1.54) is 32.4 Å². The molecule has 4 rings (SSSR count). The van der Waals surface area contributed by atoms with Crippen LogP contribution in [-0.2, 0) is 9.47 Å². The molecule has 4 aromatic rings. The molecular weight excluding hydrogens is 539 g/mol. The first kappa shape index (κ1) is 31.5. The zero-order valence-electron chi connectivity index (χ0n) is 21.4. The fourth-order valence-electron chi connectivity index (χ4n) is 2.99. The summed E-state index contributed by atoms with van der Waals surface area (Å²) in [4.78, 5) is 51.5. The molecule has 0 radical (unpaired) electrons. The summed E-state index contributed by atoms with van der Waals surface area (Å²) in [5.41, 5.74) is 2.74. The zero-order valence-corrected chi connectivity index (χ0v) is 22.2. The topological polar surface area (TPSA) is 153 Å². The van der Waals surface area contributed by atoms with Crippen molar-refractivity contribution in [3.63, 3.8) is 0 Å². The van der Waals surface area contributed by atoms with Crippen molar-refractivity contribution in [3.05, 3.63) is 113 Å². The number of nitrogens with zero attached hydrogens (tertiary/aromatic N) is 2. The molecule has 0 fully saturated rings. The Hall–Kier alpha value is -4.71. The van der Waals surface area contributed by atoms with Gasteiger partial charge in [-0.3, -0.25) is 9.59 Å². The van der Waals surface area contributed by atoms with Crippen LogP contribution in [0.25, 0.3) is 11.3 Å². The standard InChI is InChI=1S/C14H11NO3.C8H6ClNO3.C6H7BO2/c1-18-14(17)12-8-7-11(9-16)13(15-12)10-5-3-2-4-6-10;1-13-8(12)6-3-2-5(4-11)7(9)10-6;8-7(9)6-4-2-1-3-5-6/h2-9H,1H3;2-4H,1H3;1-5,8-9H. The second-order valence-electron chi connectivity index (χ2n) is 7.58. The molecule has 0 bridgehead atoms. The van der Waals surface area contributed by atoms with E-state index in [-0.39, 0.29) is 22.1 Å². The molecule has 2 heterocycles. The molecule has 0 aliphatic carbocycles. The Morgan fingerprint density at radius 1 is 0.725 bits per heavy atom. The minimum atomic E-state index is -1.34. The number of pyridine rings is 2. The molecule has 40 heavy (non-hydrogen) atoms. The average molecular weight is 563 g/mol. The number of aromatic nitrogens is 2. The number of benzene rings is 2. The van der Waals surface area contributed by atoms with E-state index in [0.29, 0.717) is 23.0 Å². The van der Waals surface area contributed by atoms with Crippen LogP contribution in [0.5, 0.6) is 0 Å². The smallest absolute Gasteiger partial charge is 0.464 e. The number of methoxy groups -OCH3 is 2. The first-order valence-electron chi connectivity index (χ1n) is 11.5. The molecule has 0 spiro atoms. The molecule has 10 nitrogen and oxygen atoms in total. The van der Waals surface area contributed by atoms with E-state index in [1.54, 1.807) is 30.3 Å². The number of carbonyl (C=O) groups excluding carboxylic acids is 4. The van der Waals surface area contributed by atoms with Gasteiger partial charge < -0.3 is 19.5 Å². The lowest BCUT2D eigenvalue weighted by Crippen LogP contribution is -2.29. The van der Waals surface area contributed by atoms with Crippen molar-refractivity contribution in [2.24, 2.45) is 0 Å². The van der Waals surface area contributed by atoms with Gasteiger partial charge >= 0.3 is 19.1 Å². The summed E-state index contributed by atoms with van der Waals surface area (Å²) in [5.74, 6) is -1.11. The Balaban J connectivity index is 0.000000224. The molecule has 2 aromatic carbocycles. The van der Waals surface area contributed by atoms with Crippen molar-refractivity contribution < 1.29 is 38.7 Å². The number of esters is 2. The Labute approximate surface area is 235 Å². The fourth-order valence-corrected chi connectivity index (χ4v) is 3.19. The highest BCUT2D eigenvalue weighted by molar-refractivity contribution is 6.58. The summed E-state index contributed by atoms with van der Waals surface area (Å²) in [6, 6.07) is 23.7. The third-order valence-electron chi connectivity index (χ3n) is 4.99. The number of hydrogen-bond acceptors (Lipinski definition) is 10. The van der Waals surface area contributed by atoms with E-state index in [4.69, 9.17) is 21.6 Å². The highest BCUT2D eigenvalue weighted by atomic mass is 35.5. The molecule has 0 atom stereocenters. The summed E-state index contributed by atoms with van der Waals surface area (Å²) in [6.07, 6.45) is 1.28. The van der Waals surface area contributed by atoms with Gasteiger partial charge in [-0.25, -0.2) is 19.6 Å². The quantitative estimate of drug-likeness (QED) is 0.155. The van der Waals surface area contributed by atoms with Crippen LogP contribution in [0.3, 0.4) is 0 Å². The number of ether oxygens (including phenoxy) is 2. The van der Waals surface area contributed by atoms with E-state index >= 15 is 0 Å². The third kappa shape index (κ3) is 9.24. The van der Waals surface area contributed by atoms with Crippen molar-refractivity contribution in [3.8, 4) is 11.3 Å². The normalized spacial score (nSPS) is 9.53. The largest absolute Gasteiger partial charge is 0.488 e. The minimum absolute atomic E-state index is 0.00194. The Morgan fingerprint density at radius 3 is 1.62 bits per heavy atom. The molecular formula is C28H24BClN2O8. The van der Waals surface area contributed by atoms with Crippen LogP contribution in [0.4, 0.5) is 0 Å². The Bertz CT molecular complexity index is 1440.